The van der Waals surface area contributed by atoms with Gasteiger partial charge in [-0.3, -0.25) is 4.99 Å². The molecule has 98 valence electrons. The van der Waals surface area contributed by atoms with Crippen molar-refractivity contribution >= 4 is 29.9 Å². The Morgan fingerprint density at radius 2 is 1.88 bits per heavy atom. The number of methoxy groups -OCH3 is 1. The predicted octanol–water partition coefficient (Wildman–Crippen LogP) is 0.917. The van der Waals surface area contributed by atoms with E-state index in [1.165, 1.54) is 0 Å². The van der Waals surface area contributed by atoms with Crippen LogP contribution in [0.5, 0.6) is 0 Å². The molecule has 0 saturated carbocycles. The van der Waals surface area contributed by atoms with Gasteiger partial charge in [-0.1, -0.05) is 0 Å². The SMILES string of the molecule is CN=C(NCCOC)NCCn1cccc1.I. The zero-order valence-corrected chi connectivity index (χ0v) is 12.7. The predicted molar refractivity (Wildman–Crippen MR) is 81.1 cm³/mol. The molecule has 0 aliphatic rings. The third-order valence-corrected chi connectivity index (χ3v) is 2.15. The summed E-state index contributed by atoms with van der Waals surface area (Å²) in [6, 6.07) is 4.04. The van der Waals surface area contributed by atoms with Crippen LogP contribution in [0.4, 0.5) is 0 Å². The number of rotatable bonds is 6. The highest BCUT2D eigenvalue weighted by Crippen LogP contribution is 1.87. The summed E-state index contributed by atoms with van der Waals surface area (Å²) < 4.78 is 7.07. The molecule has 0 aromatic carbocycles. The van der Waals surface area contributed by atoms with Gasteiger partial charge in [-0.25, -0.2) is 0 Å². The maximum absolute atomic E-state index is 4.95. The molecule has 1 heterocycles. The molecule has 0 bridgehead atoms. The Hall–Kier alpha value is -0.760. The van der Waals surface area contributed by atoms with Gasteiger partial charge in [0.25, 0.3) is 0 Å². The zero-order chi connectivity index (χ0) is 11.6. The molecule has 0 aliphatic carbocycles. The number of aliphatic imine (C=N–C) groups is 1. The van der Waals surface area contributed by atoms with E-state index in [-0.39, 0.29) is 24.0 Å². The van der Waals surface area contributed by atoms with E-state index in [9.17, 15) is 0 Å². The Kier molecular flexibility index (Phi) is 9.93. The lowest BCUT2D eigenvalue weighted by Crippen LogP contribution is -2.40. The fourth-order valence-electron chi connectivity index (χ4n) is 1.31. The first kappa shape index (κ1) is 16.2. The molecule has 0 radical (unpaired) electrons. The Morgan fingerprint density at radius 3 is 2.47 bits per heavy atom. The van der Waals surface area contributed by atoms with Crippen molar-refractivity contribution in [3.05, 3.63) is 24.5 Å². The number of hydrogen-bond donors (Lipinski definition) is 2. The van der Waals surface area contributed by atoms with Crippen LogP contribution in [0.25, 0.3) is 0 Å². The normalized spacial score (nSPS) is 10.8. The molecule has 2 N–H and O–H groups in total. The molecule has 6 heteroatoms. The summed E-state index contributed by atoms with van der Waals surface area (Å²) in [6.07, 6.45) is 4.09. The van der Waals surface area contributed by atoms with Gasteiger partial charge in [-0.15, -0.1) is 24.0 Å². The fourth-order valence-corrected chi connectivity index (χ4v) is 1.31. The van der Waals surface area contributed by atoms with Gasteiger partial charge < -0.3 is 19.9 Å². The lowest BCUT2D eigenvalue weighted by molar-refractivity contribution is 0.203. The van der Waals surface area contributed by atoms with Gasteiger partial charge in [0.05, 0.1) is 6.61 Å². The van der Waals surface area contributed by atoms with Crippen molar-refractivity contribution in [3.63, 3.8) is 0 Å². The summed E-state index contributed by atoms with van der Waals surface area (Å²) in [5.74, 6) is 0.809. The minimum Gasteiger partial charge on any atom is -0.383 e. The van der Waals surface area contributed by atoms with E-state index in [0.29, 0.717) is 6.61 Å². The zero-order valence-electron chi connectivity index (χ0n) is 10.3. The van der Waals surface area contributed by atoms with Crippen LogP contribution in [0, 0.1) is 0 Å². The molecule has 5 nitrogen and oxygen atoms in total. The Morgan fingerprint density at radius 1 is 1.24 bits per heavy atom. The van der Waals surface area contributed by atoms with Crippen LogP contribution < -0.4 is 10.6 Å². The van der Waals surface area contributed by atoms with Gasteiger partial charge in [-0.2, -0.15) is 0 Å². The topological polar surface area (TPSA) is 50.6 Å². The third kappa shape index (κ3) is 7.22. The van der Waals surface area contributed by atoms with Crippen LogP contribution in [-0.2, 0) is 11.3 Å². The van der Waals surface area contributed by atoms with Crippen LogP contribution in [-0.4, -0.2) is 44.4 Å². The highest BCUT2D eigenvalue weighted by Gasteiger charge is 1.95. The van der Waals surface area contributed by atoms with E-state index in [2.05, 4.69) is 20.2 Å². The maximum Gasteiger partial charge on any atom is 0.191 e. The Bertz CT molecular complexity index is 300. The third-order valence-electron chi connectivity index (χ3n) is 2.15. The fraction of sp³-hybridized carbons (Fsp3) is 0.545. The molecular weight excluding hydrogens is 331 g/mol. The number of nitrogens with zero attached hydrogens (tertiary/aromatic N) is 2. The van der Waals surface area contributed by atoms with Crippen LogP contribution in [0.1, 0.15) is 0 Å². The van der Waals surface area contributed by atoms with E-state index in [0.717, 1.165) is 25.6 Å². The average Bonchev–Trinajstić information content (AvgIpc) is 2.80. The van der Waals surface area contributed by atoms with Crippen molar-refractivity contribution in [1.29, 1.82) is 0 Å². The number of guanidine groups is 1. The second-order valence-corrected chi connectivity index (χ2v) is 3.34. The molecular formula is C11H21IN4O. The highest BCUT2D eigenvalue weighted by atomic mass is 127. The van der Waals surface area contributed by atoms with E-state index in [1.54, 1.807) is 14.2 Å². The molecule has 1 aromatic heterocycles. The first-order valence-corrected chi connectivity index (χ1v) is 5.41. The second-order valence-electron chi connectivity index (χ2n) is 3.34. The molecule has 0 spiro atoms. The monoisotopic (exact) mass is 352 g/mol. The molecule has 1 rings (SSSR count). The van der Waals surface area contributed by atoms with Crippen LogP contribution in [0.2, 0.25) is 0 Å². The number of aromatic nitrogens is 1. The first-order valence-electron chi connectivity index (χ1n) is 5.41. The summed E-state index contributed by atoms with van der Waals surface area (Å²) in [7, 11) is 3.45. The van der Waals surface area contributed by atoms with E-state index >= 15 is 0 Å². The molecule has 0 aliphatic heterocycles. The molecule has 0 atom stereocenters. The maximum atomic E-state index is 4.95. The standard InChI is InChI=1S/C11H20N4O.HI/c1-12-11(14-6-10-16-2)13-5-9-15-7-3-4-8-15;/h3-4,7-8H,5-6,9-10H2,1-2H3,(H2,12,13,14);1H. The molecule has 0 fully saturated rings. The molecule has 0 amide bonds. The van der Waals surface area contributed by atoms with Crippen LogP contribution in [0.15, 0.2) is 29.5 Å². The van der Waals surface area contributed by atoms with Crippen molar-refractivity contribution in [2.45, 2.75) is 6.54 Å². The Balaban J connectivity index is 0.00000256. The van der Waals surface area contributed by atoms with Gasteiger partial charge >= 0.3 is 0 Å². The molecule has 17 heavy (non-hydrogen) atoms. The van der Waals surface area contributed by atoms with E-state index in [1.807, 2.05) is 24.5 Å². The largest absolute Gasteiger partial charge is 0.383 e. The summed E-state index contributed by atoms with van der Waals surface area (Å²) in [5.41, 5.74) is 0. The second kappa shape index (κ2) is 10.4. The Labute approximate surface area is 120 Å². The summed E-state index contributed by atoms with van der Waals surface area (Å²) in [5, 5.41) is 6.38. The quantitative estimate of drug-likeness (QED) is 0.347. The van der Waals surface area contributed by atoms with Gasteiger partial charge in [0, 0.05) is 46.2 Å². The minimum absolute atomic E-state index is 0. The number of hydrogen-bond acceptors (Lipinski definition) is 2. The summed E-state index contributed by atoms with van der Waals surface area (Å²) in [4.78, 5) is 4.11. The number of halogens is 1. The van der Waals surface area contributed by atoms with E-state index < -0.39 is 0 Å². The molecule has 0 saturated heterocycles. The first-order chi connectivity index (χ1) is 7.86. The lowest BCUT2D eigenvalue weighted by atomic mass is 10.6. The van der Waals surface area contributed by atoms with Crippen LogP contribution in [0.3, 0.4) is 0 Å². The number of nitrogens with one attached hydrogen (secondary N) is 2. The average molecular weight is 352 g/mol. The number of ether oxygens (including phenoxy) is 1. The van der Waals surface area contributed by atoms with Crippen molar-refractivity contribution in [2.75, 3.05) is 33.9 Å². The van der Waals surface area contributed by atoms with E-state index in [4.69, 9.17) is 4.74 Å². The van der Waals surface area contributed by atoms with Crippen molar-refractivity contribution in [3.8, 4) is 0 Å². The minimum atomic E-state index is 0. The summed E-state index contributed by atoms with van der Waals surface area (Å²) in [6.45, 7) is 3.22. The molecule has 0 unspecified atom stereocenters. The smallest absolute Gasteiger partial charge is 0.191 e. The summed E-state index contributed by atoms with van der Waals surface area (Å²) >= 11 is 0. The molecule has 1 aromatic rings. The van der Waals surface area contributed by atoms with Gasteiger partial charge in [0.15, 0.2) is 5.96 Å². The van der Waals surface area contributed by atoms with Gasteiger partial charge in [-0.05, 0) is 12.1 Å². The highest BCUT2D eigenvalue weighted by molar-refractivity contribution is 14.0. The van der Waals surface area contributed by atoms with Crippen LogP contribution >= 0.6 is 24.0 Å². The van der Waals surface area contributed by atoms with Crippen molar-refractivity contribution < 1.29 is 4.74 Å². The van der Waals surface area contributed by atoms with Crippen molar-refractivity contribution in [1.82, 2.24) is 15.2 Å². The van der Waals surface area contributed by atoms with Crippen molar-refractivity contribution in [2.24, 2.45) is 4.99 Å². The van der Waals surface area contributed by atoms with Gasteiger partial charge in [0.2, 0.25) is 0 Å². The van der Waals surface area contributed by atoms with Gasteiger partial charge in [0.1, 0.15) is 0 Å². The lowest BCUT2D eigenvalue weighted by Gasteiger charge is -2.11.